The summed E-state index contributed by atoms with van der Waals surface area (Å²) in [7, 11) is 0. The van der Waals surface area contributed by atoms with Crippen LogP contribution in [0.4, 0.5) is 0 Å². The highest BCUT2D eigenvalue weighted by atomic mass is 79.9. The molecule has 0 aliphatic heterocycles. The van der Waals surface area contributed by atoms with Crippen molar-refractivity contribution in [2.75, 3.05) is 0 Å². The second kappa shape index (κ2) is 6.30. The summed E-state index contributed by atoms with van der Waals surface area (Å²) >= 11 is 3.56. The van der Waals surface area contributed by atoms with Crippen LogP contribution in [-0.4, -0.2) is 14.8 Å². The van der Waals surface area contributed by atoms with Crippen LogP contribution in [0, 0.1) is 6.92 Å². The van der Waals surface area contributed by atoms with Crippen LogP contribution in [0.1, 0.15) is 36.3 Å². The third kappa shape index (κ3) is 3.42. The minimum atomic E-state index is -0.0749. The molecule has 0 bridgehead atoms. The molecule has 0 fully saturated rings. The van der Waals surface area contributed by atoms with Crippen molar-refractivity contribution in [2.45, 2.75) is 39.3 Å². The summed E-state index contributed by atoms with van der Waals surface area (Å²) in [5.41, 5.74) is 8.64. The molecule has 0 amide bonds. The zero-order valence-corrected chi connectivity index (χ0v) is 12.9. The van der Waals surface area contributed by atoms with E-state index in [1.165, 1.54) is 5.56 Å². The topological polar surface area (TPSA) is 56.7 Å². The Kier molecular flexibility index (Phi) is 4.71. The second-order valence-corrected chi connectivity index (χ2v) is 5.59. The van der Waals surface area contributed by atoms with Crippen LogP contribution < -0.4 is 5.73 Å². The van der Waals surface area contributed by atoms with Gasteiger partial charge in [-0.25, -0.2) is 4.98 Å². The number of nitrogens with two attached hydrogens (primary N) is 1. The van der Waals surface area contributed by atoms with Gasteiger partial charge in [0.2, 0.25) is 0 Å². The number of hydrogen-bond donors (Lipinski definition) is 1. The number of halogens is 1. The van der Waals surface area contributed by atoms with E-state index in [-0.39, 0.29) is 6.04 Å². The van der Waals surface area contributed by atoms with Crippen LogP contribution in [0.25, 0.3) is 0 Å². The largest absolute Gasteiger partial charge is 0.324 e. The first-order chi connectivity index (χ1) is 9.11. The molecule has 1 heterocycles. The second-order valence-electron chi connectivity index (χ2n) is 4.73. The average Bonchev–Trinajstić information content (AvgIpc) is 2.80. The van der Waals surface area contributed by atoms with Gasteiger partial charge in [-0.05, 0) is 25.0 Å². The van der Waals surface area contributed by atoms with Crippen LogP contribution in [0.2, 0.25) is 0 Å². The van der Waals surface area contributed by atoms with E-state index in [1.807, 2.05) is 10.7 Å². The van der Waals surface area contributed by atoms with Crippen molar-refractivity contribution in [3.05, 3.63) is 46.0 Å². The molecule has 2 aromatic rings. The van der Waals surface area contributed by atoms with Gasteiger partial charge in [0, 0.05) is 23.5 Å². The van der Waals surface area contributed by atoms with Gasteiger partial charge in [-0.3, -0.25) is 4.68 Å². The van der Waals surface area contributed by atoms with Crippen LogP contribution >= 0.6 is 15.9 Å². The SMILES string of the molecule is CCCn1ncnc1CC(N)c1cc(C)ccc1Br. The van der Waals surface area contributed by atoms with Crippen molar-refractivity contribution in [2.24, 2.45) is 5.73 Å². The van der Waals surface area contributed by atoms with Crippen molar-refractivity contribution in [3.8, 4) is 0 Å². The maximum atomic E-state index is 6.31. The highest BCUT2D eigenvalue weighted by Gasteiger charge is 2.14. The molecule has 0 saturated carbocycles. The molecule has 5 heteroatoms. The Morgan fingerprint density at radius 3 is 2.95 bits per heavy atom. The molecule has 0 aliphatic rings. The van der Waals surface area contributed by atoms with Crippen molar-refractivity contribution in [3.63, 3.8) is 0 Å². The van der Waals surface area contributed by atoms with Gasteiger partial charge in [-0.2, -0.15) is 5.10 Å². The molecule has 1 aromatic carbocycles. The summed E-state index contributed by atoms with van der Waals surface area (Å²) in [6.45, 7) is 5.09. The first-order valence-corrected chi connectivity index (χ1v) is 7.29. The molecule has 2 rings (SSSR count). The van der Waals surface area contributed by atoms with Crippen molar-refractivity contribution < 1.29 is 0 Å². The van der Waals surface area contributed by atoms with E-state index in [9.17, 15) is 0 Å². The van der Waals surface area contributed by atoms with E-state index in [1.54, 1.807) is 6.33 Å². The lowest BCUT2D eigenvalue weighted by Crippen LogP contribution is -2.17. The van der Waals surface area contributed by atoms with Gasteiger partial charge in [-0.1, -0.05) is 40.5 Å². The molecule has 19 heavy (non-hydrogen) atoms. The summed E-state index contributed by atoms with van der Waals surface area (Å²) < 4.78 is 2.98. The zero-order valence-electron chi connectivity index (χ0n) is 11.3. The summed E-state index contributed by atoms with van der Waals surface area (Å²) in [4.78, 5) is 4.31. The Balaban J connectivity index is 2.18. The molecular weight excluding hydrogens is 304 g/mol. The fourth-order valence-electron chi connectivity index (χ4n) is 2.10. The van der Waals surface area contributed by atoms with Crippen LogP contribution in [0.5, 0.6) is 0 Å². The van der Waals surface area contributed by atoms with Gasteiger partial charge in [0.1, 0.15) is 12.2 Å². The summed E-state index contributed by atoms with van der Waals surface area (Å²) in [6, 6.07) is 6.16. The highest BCUT2D eigenvalue weighted by molar-refractivity contribution is 9.10. The number of hydrogen-bond acceptors (Lipinski definition) is 3. The Labute approximate surface area is 122 Å². The zero-order chi connectivity index (χ0) is 13.8. The van der Waals surface area contributed by atoms with Gasteiger partial charge in [-0.15, -0.1) is 0 Å². The minimum Gasteiger partial charge on any atom is -0.324 e. The lowest BCUT2D eigenvalue weighted by Gasteiger charge is -2.15. The average molecular weight is 323 g/mol. The number of aryl methyl sites for hydroxylation is 2. The molecule has 102 valence electrons. The highest BCUT2D eigenvalue weighted by Crippen LogP contribution is 2.25. The molecule has 1 unspecified atom stereocenters. The van der Waals surface area contributed by atoms with E-state index >= 15 is 0 Å². The first kappa shape index (κ1) is 14.2. The van der Waals surface area contributed by atoms with Gasteiger partial charge < -0.3 is 5.73 Å². The maximum absolute atomic E-state index is 6.31. The first-order valence-electron chi connectivity index (χ1n) is 6.50. The maximum Gasteiger partial charge on any atom is 0.138 e. The van der Waals surface area contributed by atoms with Crippen LogP contribution in [-0.2, 0) is 13.0 Å². The summed E-state index contributed by atoms with van der Waals surface area (Å²) in [5, 5.41) is 4.23. The van der Waals surface area contributed by atoms with Crippen LogP contribution in [0.15, 0.2) is 29.0 Å². The Morgan fingerprint density at radius 2 is 2.21 bits per heavy atom. The van der Waals surface area contributed by atoms with Gasteiger partial charge in [0.25, 0.3) is 0 Å². The van der Waals surface area contributed by atoms with E-state index in [4.69, 9.17) is 5.73 Å². The molecule has 2 N–H and O–H groups in total. The van der Waals surface area contributed by atoms with E-state index in [0.29, 0.717) is 6.42 Å². The smallest absolute Gasteiger partial charge is 0.138 e. The number of aromatic nitrogens is 3. The molecular formula is C14H19BrN4. The lowest BCUT2D eigenvalue weighted by atomic mass is 10.0. The molecule has 0 spiro atoms. The Bertz CT molecular complexity index is 550. The van der Waals surface area contributed by atoms with Crippen molar-refractivity contribution in [1.29, 1.82) is 0 Å². The minimum absolute atomic E-state index is 0.0749. The quantitative estimate of drug-likeness (QED) is 0.920. The number of benzene rings is 1. The lowest BCUT2D eigenvalue weighted by molar-refractivity contribution is 0.547. The standard InChI is InChI=1S/C14H19BrN4/c1-3-6-19-14(17-9-18-19)8-13(16)11-7-10(2)4-5-12(11)15/h4-5,7,9,13H,3,6,8,16H2,1-2H3. The monoisotopic (exact) mass is 322 g/mol. The van der Waals surface area contributed by atoms with Crippen molar-refractivity contribution >= 4 is 15.9 Å². The molecule has 0 radical (unpaired) electrons. The third-order valence-electron chi connectivity index (χ3n) is 3.08. The fraction of sp³-hybridized carbons (Fsp3) is 0.429. The molecule has 1 aromatic heterocycles. The Hall–Kier alpha value is -1.20. The van der Waals surface area contributed by atoms with Gasteiger partial charge in [0.05, 0.1) is 0 Å². The van der Waals surface area contributed by atoms with Gasteiger partial charge >= 0.3 is 0 Å². The summed E-state index contributed by atoms with van der Waals surface area (Å²) in [6.07, 6.45) is 3.34. The summed E-state index contributed by atoms with van der Waals surface area (Å²) in [5.74, 6) is 0.947. The van der Waals surface area contributed by atoms with Crippen LogP contribution in [0.3, 0.4) is 0 Å². The molecule has 1 atom stereocenters. The number of nitrogens with zero attached hydrogens (tertiary/aromatic N) is 3. The molecule has 4 nitrogen and oxygen atoms in total. The van der Waals surface area contributed by atoms with Crippen molar-refractivity contribution in [1.82, 2.24) is 14.8 Å². The van der Waals surface area contributed by atoms with E-state index in [2.05, 4.69) is 52.0 Å². The van der Waals surface area contributed by atoms with E-state index < -0.39 is 0 Å². The Morgan fingerprint density at radius 1 is 1.42 bits per heavy atom. The normalized spacial score (nSPS) is 12.6. The molecule has 0 saturated heterocycles. The predicted octanol–water partition coefficient (Wildman–Crippen LogP) is 3.00. The predicted molar refractivity (Wildman–Crippen MR) is 79.8 cm³/mol. The molecule has 0 aliphatic carbocycles. The van der Waals surface area contributed by atoms with Gasteiger partial charge in [0.15, 0.2) is 0 Å². The third-order valence-corrected chi connectivity index (χ3v) is 3.81. The fourth-order valence-corrected chi connectivity index (χ4v) is 2.64. The van der Waals surface area contributed by atoms with E-state index in [0.717, 1.165) is 28.8 Å². The number of rotatable bonds is 5.